The Labute approximate surface area is 161 Å². The minimum atomic E-state index is -0.132. The van der Waals surface area contributed by atoms with Crippen molar-refractivity contribution in [2.45, 2.75) is 19.5 Å². The van der Waals surface area contributed by atoms with Gasteiger partial charge in [-0.25, -0.2) is 4.98 Å². The quantitative estimate of drug-likeness (QED) is 0.695. The second-order valence-electron chi connectivity index (χ2n) is 6.68. The Kier molecular flexibility index (Phi) is 5.58. The molecule has 7 nitrogen and oxygen atoms in total. The first-order valence-electron chi connectivity index (χ1n) is 9.14. The van der Waals surface area contributed by atoms with Crippen LogP contribution in [0.5, 0.6) is 0 Å². The molecule has 142 valence electrons. The lowest BCUT2D eigenvalue weighted by Crippen LogP contribution is -2.41. The molecule has 1 unspecified atom stereocenters. The number of hydrogen-bond acceptors (Lipinski definition) is 7. The zero-order valence-corrected chi connectivity index (χ0v) is 16.1. The number of morpholine rings is 1. The van der Waals surface area contributed by atoms with E-state index in [9.17, 15) is 4.79 Å². The highest BCUT2D eigenvalue weighted by Crippen LogP contribution is 2.18. The van der Waals surface area contributed by atoms with E-state index in [1.165, 1.54) is 27.5 Å². The Morgan fingerprint density at radius 2 is 2.04 bits per heavy atom. The summed E-state index contributed by atoms with van der Waals surface area (Å²) in [7, 11) is 0. The van der Waals surface area contributed by atoms with E-state index in [2.05, 4.69) is 44.6 Å². The molecule has 1 atom stereocenters. The molecule has 27 heavy (non-hydrogen) atoms. The van der Waals surface area contributed by atoms with Crippen LogP contribution in [0.25, 0.3) is 4.96 Å². The summed E-state index contributed by atoms with van der Waals surface area (Å²) in [6.07, 6.45) is 0. The van der Waals surface area contributed by atoms with Gasteiger partial charge in [-0.15, -0.1) is 0 Å². The standard InChI is InChI=1S/C19H23N5O2S/c1-14-11-18(25)24-19(21-14)27-17(22-24)12-20-16(15-5-3-2-4-6-15)13-23-7-9-26-10-8-23/h2-6,11,16,20H,7-10,12-13H2,1H3. The summed E-state index contributed by atoms with van der Waals surface area (Å²) in [4.78, 5) is 19.5. The van der Waals surface area contributed by atoms with Crippen LogP contribution in [-0.2, 0) is 11.3 Å². The number of benzene rings is 1. The molecule has 3 heterocycles. The van der Waals surface area contributed by atoms with Crippen LogP contribution < -0.4 is 10.9 Å². The predicted molar refractivity (Wildman–Crippen MR) is 105 cm³/mol. The third-order valence-electron chi connectivity index (χ3n) is 4.66. The molecule has 1 aliphatic heterocycles. The molecule has 0 spiro atoms. The molecular weight excluding hydrogens is 362 g/mol. The molecule has 0 saturated carbocycles. The molecule has 0 aliphatic carbocycles. The molecule has 0 amide bonds. The van der Waals surface area contributed by atoms with Crippen molar-refractivity contribution in [1.29, 1.82) is 0 Å². The molecule has 1 N–H and O–H groups in total. The lowest BCUT2D eigenvalue weighted by molar-refractivity contribution is 0.0333. The van der Waals surface area contributed by atoms with E-state index >= 15 is 0 Å². The average Bonchev–Trinajstić information content (AvgIpc) is 3.10. The van der Waals surface area contributed by atoms with Crippen LogP contribution in [0, 0.1) is 6.92 Å². The van der Waals surface area contributed by atoms with Crippen LogP contribution in [0.15, 0.2) is 41.2 Å². The van der Waals surface area contributed by atoms with Gasteiger partial charge in [-0.2, -0.15) is 9.61 Å². The monoisotopic (exact) mass is 385 g/mol. The van der Waals surface area contributed by atoms with E-state index in [-0.39, 0.29) is 11.6 Å². The smallest absolute Gasteiger partial charge is 0.275 e. The van der Waals surface area contributed by atoms with Crippen molar-refractivity contribution < 1.29 is 4.74 Å². The van der Waals surface area contributed by atoms with Gasteiger partial charge < -0.3 is 10.1 Å². The van der Waals surface area contributed by atoms with Crippen molar-refractivity contribution in [3.05, 3.63) is 63.0 Å². The van der Waals surface area contributed by atoms with E-state index in [0.717, 1.165) is 43.5 Å². The summed E-state index contributed by atoms with van der Waals surface area (Å²) in [5, 5.41) is 8.90. The van der Waals surface area contributed by atoms with E-state index in [0.29, 0.717) is 11.5 Å². The first kappa shape index (κ1) is 18.2. The molecule has 3 aromatic rings. The molecule has 4 rings (SSSR count). The van der Waals surface area contributed by atoms with Gasteiger partial charge in [0.15, 0.2) is 0 Å². The number of ether oxygens (including phenoxy) is 1. The highest BCUT2D eigenvalue weighted by atomic mass is 32.1. The second-order valence-corrected chi connectivity index (χ2v) is 7.72. The van der Waals surface area contributed by atoms with Crippen LogP contribution in [0.3, 0.4) is 0 Å². The number of fused-ring (bicyclic) bond motifs is 1. The van der Waals surface area contributed by atoms with Gasteiger partial charge in [0.2, 0.25) is 4.96 Å². The Balaban J connectivity index is 1.51. The SMILES string of the molecule is Cc1cc(=O)n2nc(CNC(CN3CCOCC3)c3ccccc3)sc2n1. The number of aromatic nitrogens is 3. The minimum absolute atomic E-state index is 0.132. The molecule has 0 bridgehead atoms. The molecule has 8 heteroatoms. The van der Waals surface area contributed by atoms with Gasteiger partial charge in [0.1, 0.15) is 5.01 Å². The Bertz CT molecular complexity index is 950. The zero-order valence-electron chi connectivity index (χ0n) is 15.3. The minimum Gasteiger partial charge on any atom is -0.379 e. The summed E-state index contributed by atoms with van der Waals surface area (Å²) in [5.74, 6) is 0. The van der Waals surface area contributed by atoms with E-state index in [1.54, 1.807) is 0 Å². The lowest BCUT2D eigenvalue weighted by atomic mass is 10.1. The summed E-state index contributed by atoms with van der Waals surface area (Å²) < 4.78 is 6.84. The van der Waals surface area contributed by atoms with Gasteiger partial charge >= 0.3 is 0 Å². The topological polar surface area (TPSA) is 71.8 Å². The van der Waals surface area contributed by atoms with Crippen LogP contribution in [0.1, 0.15) is 22.3 Å². The molecule has 2 aromatic heterocycles. The Morgan fingerprint density at radius 3 is 2.81 bits per heavy atom. The Hall–Kier alpha value is -2.13. The van der Waals surface area contributed by atoms with Gasteiger partial charge in [0.25, 0.3) is 5.56 Å². The van der Waals surface area contributed by atoms with E-state index < -0.39 is 0 Å². The van der Waals surface area contributed by atoms with Gasteiger partial charge in [-0.3, -0.25) is 9.69 Å². The van der Waals surface area contributed by atoms with Gasteiger partial charge in [0.05, 0.1) is 19.8 Å². The third kappa shape index (κ3) is 4.41. The maximum Gasteiger partial charge on any atom is 0.275 e. The predicted octanol–water partition coefficient (Wildman–Crippen LogP) is 1.62. The van der Waals surface area contributed by atoms with Crippen LogP contribution in [0.4, 0.5) is 0 Å². The maximum atomic E-state index is 12.1. The molecule has 1 aliphatic rings. The van der Waals surface area contributed by atoms with E-state index in [4.69, 9.17) is 4.74 Å². The van der Waals surface area contributed by atoms with Gasteiger partial charge in [-0.05, 0) is 12.5 Å². The summed E-state index contributed by atoms with van der Waals surface area (Å²) in [6, 6.07) is 12.1. The average molecular weight is 385 g/mol. The van der Waals surface area contributed by atoms with Crippen LogP contribution in [0.2, 0.25) is 0 Å². The molecular formula is C19H23N5O2S. The highest BCUT2D eigenvalue weighted by molar-refractivity contribution is 7.16. The van der Waals surface area contributed by atoms with Crippen molar-refractivity contribution in [3.63, 3.8) is 0 Å². The number of rotatable bonds is 6. The molecule has 1 fully saturated rings. The molecule has 0 radical (unpaired) electrons. The van der Waals surface area contributed by atoms with Gasteiger partial charge in [-0.1, -0.05) is 41.7 Å². The fourth-order valence-corrected chi connectivity index (χ4v) is 4.15. The highest BCUT2D eigenvalue weighted by Gasteiger charge is 2.19. The van der Waals surface area contributed by atoms with E-state index in [1.807, 2.05) is 13.0 Å². The summed E-state index contributed by atoms with van der Waals surface area (Å²) >= 11 is 1.45. The van der Waals surface area contributed by atoms with Crippen molar-refractivity contribution in [2.75, 3.05) is 32.8 Å². The fourth-order valence-electron chi connectivity index (χ4n) is 3.26. The first-order valence-corrected chi connectivity index (χ1v) is 9.95. The lowest BCUT2D eigenvalue weighted by Gasteiger charge is -2.31. The molecule has 1 aromatic carbocycles. The summed E-state index contributed by atoms with van der Waals surface area (Å²) in [6.45, 7) is 6.80. The Morgan fingerprint density at radius 1 is 1.26 bits per heavy atom. The van der Waals surface area contributed by atoms with Crippen LogP contribution >= 0.6 is 11.3 Å². The molecule has 1 saturated heterocycles. The number of nitrogens with zero attached hydrogens (tertiary/aromatic N) is 4. The fraction of sp³-hybridized carbons (Fsp3) is 0.421. The first-order chi connectivity index (χ1) is 13.2. The van der Waals surface area contributed by atoms with Crippen LogP contribution in [-0.4, -0.2) is 52.3 Å². The van der Waals surface area contributed by atoms with Gasteiger partial charge in [0, 0.05) is 37.4 Å². The number of aryl methyl sites for hydroxylation is 1. The number of nitrogens with one attached hydrogen (secondary N) is 1. The number of hydrogen-bond donors (Lipinski definition) is 1. The third-order valence-corrected chi connectivity index (χ3v) is 5.57. The van der Waals surface area contributed by atoms with Crippen molar-refractivity contribution in [2.24, 2.45) is 0 Å². The normalized spacial score (nSPS) is 16.6. The zero-order chi connectivity index (χ0) is 18.6. The van der Waals surface area contributed by atoms with Crippen molar-refractivity contribution in [1.82, 2.24) is 24.8 Å². The second kappa shape index (κ2) is 8.26. The summed E-state index contributed by atoms with van der Waals surface area (Å²) in [5.41, 5.74) is 1.84. The maximum absolute atomic E-state index is 12.1. The van der Waals surface area contributed by atoms with Crippen molar-refractivity contribution >= 4 is 16.3 Å². The van der Waals surface area contributed by atoms with Crippen molar-refractivity contribution in [3.8, 4) is 0 Å². The largest absolute Gasteiger partial charge is 0.379 e.